The summed E-state index contributed by atoms with van der Waals surface area (Å²) in [6, 6.07) is 22.9. The van der Waals surface area contributed by atoms with Crippen molar-refractivity contribution in [1.82, 2.24) is 15.2 Å². The maximum absolute atomic E-state index is 5.89. The highest BCUT2D eigenvalue weighted by molar-refractivity contribution is 7.98. The molecule has 4 nitrogen and oxygen atoms in total. The van der Waals surface area contributed by atoms with Gasteiger partial charge in [-0.3, -0.25) is 0 Å². The zero-order valence-electron chi connectivity index (χ0n) is 13.8. The Balaban J connectivity index is 1.41. The Kier molecular flexibility index (Phi) is 3.72. The van der Waals surface area contributed by atoms with Crippen LogP contribution in [0.5, 0.6) is 0 Å². The van der Waals surface area contributed by atoms with Crippen molar-refractivity contribution in [1.29, 1.82) is 0 Å². The molecule has 0 radical (unpaired) electrons. The third kappa shape index (κ3) is 2.66. The number of aromatic nitrogens is 3. The first-order valence-corrected chi connectivity index (χ1v) is 9.36. The molecule has 5 heteroatoms. The quantitative estimate of drug-likeness (QED) is 0.421. The Morgan fingerprint density at radius 3 is 2.62 bits per heavy atom. The van der Waals surface area contributed by atoms with Crippen LogP contribution >= 0.6 is 11.8 Å². The molecular weight excluding hydrogens is 342 g/mol. The van der Waals surface area contributed by atoms with Gasteiger partial charge in [0.1, 0.15) is 0 Å². The molecule has 0 amide bonds. The minimum Gasteiger partial charge on any atom is -0.411 e. The zero-order chi connectivity index (χ0) is 17.3. The highest BCUT2D eigenvalue weighted by Gasteiger charge is 2.13. The number of hydrogen-bond acceptors (Lipinski definition) is 4. The van der Waals surface area contributed by atoms with Gasteiger partial charge in [-0.15, -0.1) is 10.2 Å². The Bertz CT molecular complexity index is 1200. The predicted octanol–water partition coefficient (Wildman–Crippen LogP) is 5.66. The van der Waals surface area contributed by atoms with Gasteiger partial charge >= 0.3 is 0 Å². The Morgan fingerprint density at radius 1 is 0.846 bits per heavy atom. The smallest absolute Gasteiger partial charge is 0.277 e. The number of fused-ring (bicyclic) bond motifs is 2. The molecule has 0 atom stereocenters. The van der Waals surface area contributed by atoms with Crippen LogP contribution in [0, 0.1) is 0 Å². The van der Waals surface area contributed by atoms with E-state index in [0.29, 0.717) is 11.1 Å². The zero-order valence-corrected chi connectivity index (χ0v) is 14.7. The first kappa shape index (κ1) is 15.2. The highest BCUT2D eigenvalue weighted by Crippen LogP contribution is 2.31. The summed E-state index contributed by atoms with van der Waals surface area (Å²) >= 11 is 1.56. The van der Waals surface area contributed by atoms with Crippen molar-refractivity contribution >= 4 is 33.4 Å². The lowest BCUT2D eigenvalue weighted by atomic mass is 10.1. The average Bonchev–Trinajstić information content (AvgIpc) is 3.33. The summed E-state index contributed by atoms with van der Waals surface area (Å²) in [5.74, 6) is 1.33. The lowest BCUT2D eigenvalue weighted by Gasteiger charge is -2.04. The van der Waals surface area contributed by atoms with E-state index in [1.165, 1.54) is 16.3 Å². The van der Waals surface area contributed by atoms with E-state index in [-0.39, 0.29) is 0 Å². The number of benzene rings is 3. The van der Waals surface area contributed by atoms with Gasteiger partial charge in [-0.05, 0) is 22.4 Å². The van der Waals surface area contributed by atoms with Gasteiger partial charge in [-0.25, -0.2) is 0 Å². The Morgan fingerprint density at radius 2 is 1.65 bits per heavy atom. The second-order valence-electron chi connectivity index (χ2n) is 6.05. The predicted molar refractivity (Wildman–Crippen MR) is 105 cm³/mol. The Hall–Kier alpha value is -3.05. The molecule has 0 fully saturated rings. The number of H-pyrrole nitrogens is 1. The van der Waals surface area contributed by atoms with E-state index in [4.69, 9.17) is 4.42 Å². The van der Waals surface area contributed by atoms with Gasteiger partial charge in [0, 0.05) is 22.9 Å². The molecule has 0 saturated carbocycles. The van der Waals surface area contributed by atoms with Gasteiger partial charge < -0.3 is 9.40 Å². The molecule has 26 heavy (non-hydrogen) atoms. The summed E-state index contributed by atoms with van der Waals surface area (Å²) in [4.78, 5) is 3.24. The number of hydrogen-bond donors (Lipinski definition) is 1. The monoisotopic (exact) mass is 357 g/mol. The minimum atomic E-state index is 0.544. The first-order chi connectivity index (χ1) is 12.9. The fraction of sp³-hybridized carbons (Fsp3) is 0.0476. The minimum absolute atomic E-state index is 0.544. The van der Waals surface area contributed by atoms with Crippen LogP contribution in [-0.4, -0.2) is 15.2 Å². The summed E-state index contributed by atoms with van der Waals surface area (Å²) in [6.07, 6.45) is 1.91. The molecule has 0 aliphatic carbocycles. The van der Waals surface area contributed by atoms with Crippen LogP contribution in [0.25, 0.3) is 33.1 Å². The first-order valence-electron chi connectivity index (χ1n) is 8.38. The molecular formula is C21H15N3OS. The molecule has 0 saturated heterocycles. The summed E-state index contributed by atoms with van der Waals surface area (Å²) in [6.45, 7) is 0. The van der Waals surface area contributed by atoms with Crippen LogP contribution in [0.2, 0.25) is 0 Å². The topological polar surface area (TPSA) is 54.7 Å². The van der Waals surface area contributed by atoms with E-state index in [2.05, 4.69) is 57.6 Å². The molecule has 1 N–H and O–H groups in total. The summed E-state index contributed by atoms with van der Waals surface area (Å²) in [5, 5.41) is 12.6. The van der Waals surface area contributed by atoms with Crippen LogP contribution < -0.4 is 0 Å². The maximum Gasteiger partial charge on any atom is 0.277 e. The van der Waals surface area contributed by atoms with Crippen molar-refractivity contribution in [3.8, 4) is 11.5 Å². The second-order valence-corrected chi connectivity index (χ2v) is 6.97. The molecule has 3 aromatic carbocycles. The highest BCUT2D eigenvalue weighted by atomic mass is 32.2. The molecule has 0 bridgehead atoms. The van der Waals surface area contributed by atoms with E-state index in [9.17, 15) is 0 Å². The summed E-state index contributed by atoms with van der Waals surface area (Å²) in [5.41, 5.74) is 3.26. The van der Waals surface area contributed by atoms with Crippen LogP contribution in [-0.2, 0) is 5.75 Å². The standard InChI is InChI=1S/C21H15N3OS/c1-2-9-16-14(6-1)7-5-8-15(16)13-26-21-24-23-20(25-21)18-12-22-19-11-4-3-10-17(18)19/h1-12,22H,13H2. The largest absolute Gasteiger partial charge is 0.411 e. The van der Waals surface area contributed by atoms with Crippen molar-refractivity contribution in [3.05, 3.63) is 78.5 Å². The molecule has 126 valence electrons. The molecule has 0 spiro atoms. The molecule has 2 aromatic heterocycles. The fourth-order valence-electron chi connectivity index (χ4n) is 3.18. The van der Waals surface area contributed by atoms with E-state index in [1.807, 2.05) is 30.5 Å². The molecule has 0 aliphatic rings. The van der Waals surface area contributed by atoms with Crippen LogP contribution in [0.1, 0.15) is 5.56 Å². The van der Waals surface area contributed by atoms with Crippen molar-refractivity contribution in [2.24, 2.45) is 0 Å². The lowest BCUT2D eigenvalue weighted by molar-refractivity contribution is 0.466. The maximum atomic E-state index is 5.89. The molecule has 5 rings (SSSR count). The number of thioether (sulfide) groups is 1. The van der Waals surface area contributed by atoms with E-state index in [0.717, 1.165) is 22.2 Å². The van der Waals surface area contributed by atoms with Gasteiger partial charge in [0.05, 0.1) is 5.56 Å². The van der Waals surface area contributed by atoms with E-state index < -0.39 is 0 Å². The Labute approximate surface area is 154 Å². The fourth-order valence-corrected chi connectivity index (χ4v) is 3.95. The summed E-state index contributed by atoms with van der Waals surface area (Å²) < 4.78 is 5.89. The van der Waals surface area contributed by atoms with Crippen molar-refractivity contribution in [2.75, 3.05) is 0 Å². The SMILES string of the molecule is c1ccc2c(CSc3nnc(-c4c[nH]c5ccccc45)o3)cccc2c1. The molecule has 0 aliphatic heterocycles. The number of para-hydroxylation sites is 1. The van der Waals surface area contributed by atoms with Gasteiger partial charge in [-0.1, -0.05) is 72.4 Å². The van der Waals surface area contributed by atoms with Crippen LogP contribution in [0.15, 0.2) is 82.6 Å². The van der Waals surface area contributed by atoms with Gasteiger partial charge in [0.25, 0.3) is 11.1 Å². The number of aromatic amines is 1. The van der Waals surface area contributed by atoms with Crippen LogP contribution in [0.3, 0.4) is 0 Å². The molecule has 5 aromatic rings. The molecule has 0 unspecified atom stereocenters. The van der Waals surface area contributed by atoms with Crippen molar-refractivity contribution in [3.63, 3.8) is 0 Å². The van der Waals surface area contributed by atoms with Gasteiger partial charge in [0.15, 0.2) is 0 Å². The average molecular weight is 357 g/mol. The second kappa shape index (κ2) is 6.35. The normalized spacial score (nSPS) is 11.4. The van der Waals surface area contributed by atoms with Gasteiger partial charge in [-0.2, -0.15) is 0 Å². The number of nitrogens with zero attached hydrogens (tertiary/aromatic N) is 2. The summed E-state index contributed by atoms with van der Waals surface area (Å²) in [7, 11) is 0. The number of nitrogens with one attached hydrogen (secondary N) is 1. The lowest BCUT2D eigenvalue weighted by Crippen LogP contribution is -1.84. The van der Waals surface area contributed by atoms with E-state index >= 15 is 0 Å². The van der Waals surface area contributed by atoms with Crippen LogP contribution in [0.4, 0.5) is 0 Å². The molecule has 2 heterocycles. The van der Waals surface area contributed by atoms with Gasteiger partial charge in [0.2, 0.25) is 0 Å². The van der Waals surface area contributed by atoms with Crippen molar-refractivity contribution in [2.45, 2.75) is 11.0 Å². The third-order valence-corrected chi connectivity index (χ3v) is 5.32. The van der Waals surface area contributed by atoms with E-state index in [1.54, 1.807) is 11.8 Å². The third-order valence-electron chi connectivity index (χ3n) is 4.46. The van der Waals surface area contributed by atoms with Crippen molar-refractivity contribution < 1.29 is 4.42 Å². The number of rotatable bonds is 4.